The third kappa shape index (κ3) is 4.33. The van der Waals surface area contributed by atoms with Crippen LogP contribution in [0.1, 0.15) is 15.9 Å². The molecule has 1 fully saturated rings. The van der Waals surface area contributed by atoms with E-state index in [0.29, 0.717) is 26.3 Å². The van der Waals surface area contributed by atoms with Crippen molar-refractivity contribution < 1.29 is 9.59 Å². The highest BCUT2D eigenvalue weighted by Crippen LogP contribution is 2.36. The maximum Gasteiger partial charge on any atom is 0.280 e. The van der Waals surface area contributed by atoms with Gasteiger partial charge in [0.05, 0.1) is 21.2 Å². The molecule has 2 amide bonds. The molecule has 1 saturated heterocycles. The summed E-state index contributed by atoms with van der Waals surface area (Å²) in [6, 6.07) is 30.0. The van der Waals surface area contributed by atoms with E-state index in [4.69, 9.17) is 11.6 Å². The molecule has 0 unspecified atom stereocenters. The summed E-state index contributed by atoms with van der Waals surface area (Å²) in [5, 5.41) is 2.83. The van der Waals surface area contributed by atoms with E-state index in [0.717, 1.165) is 16.3 Å². The van der Waals surface area contributed by atoms with E-state index in [1.807, 2.05) is 78.9 Å². The molecule has 0 atom stereocenters. The monoisotopic (exact) mass is 468 g/mol. The van der Waals surface area contributed by atoms with Gasteiger partial charge in [-0.3, -0.25) is 14.5 Å². The van der Waals surface area contributed by atoms with E-state index >= 15 is 0 Å². The van der Waals surface area contributed by atoms with Crippen molar-refractivity contribution in [3.63, 3.8) is 0 Å². The molecule has 0 saturated carbocycles. The summed E-state index contributed by atoms with van der Waals surface area (Å²) in [6.45, 7) is 0. The summed E-state index contributed by atoms with van der Waals surface area (Å²) in [7, 11) is 0. The summed E-state index contributed by atoms with van der Waals surface area (Å²) in [5.74, 6) is -0.728. The van der Waals surface area contributed by atoms with Gasteiger partial charge >= 0.3 is 0 Å². The van der Waals surface area contributed by atoms with Crippen LogP contribution in [0.25, 0.3) is 16.8 Å². The Morgan fingerprint density at radius 1 is 0.848 bits per heavy atom. The number of thioether (sulfide) groups is 1. The van der Waals surface area contributed by atoms with E-state index in [9.17, 15) is 9.59 Å². The number of fused-ring (bicyclic) bond motifs is 1. The van der Waals surface area contributed by atoms with Crippen LogP contribution in [0.4, 0.5) is 5.69 Å². The quantitative estimate of drug-likeness (QED) is 0.310. The molecule has 0 aromatic heterocycles. The molecule has 4 nitrogen and oxygen atoms in total. The molecular formula is C27H17ClN2O2S. The van der Waals surface area contributed by atoms with Gasteiger partial charge in [0.25, 0.3) is 11.8 Å². The van der Waals surface area contributed by atoms with Gasteiger partial charge < -0.3 is 0 Å². The highest BCUT2D eigenvalue weighted by molar-refractivity contribution is 8.19. The predicted octanol–water partition coefficient (Wildman–Crippen LogP) is 6.81. The van der Waals surface area contributed by atoms with Gasteiger partial charge in [-0.05, 0) is 64.5 Å². The predicted molar refractivity (Wildman–Crippen MR) is 137 cm³/mol. The molecule has 160 valence electrons. The molecule has 0 radical (unpaired) electrons. The summed E-state index contributed by atoms with van der Waals surface area (Å²) in [6.07, 6.45) is 1.83. The Morgan fingerprint density at radius 3 is 2.33 bits per heavy atom. The molecule has 33 heavy (non-hydrogen) atoms. The Hall–Kier alpha value is -3.67. The van der Waals surface area contributed by atoms with E-state index < -0.39 is 5.91 Å². The van der Waals surface area contributed by atoms with Crippen molar-refractivity contribution in [2.24, 2.45) is 4.99 Å². The first-order valence-corrected chi connectivity index (χ1v) is 11.4. The third-order valence-corrected chi connectivity index (χ3v) is 6.49. The van der Waals surface area contributed by atoms with Crippen molar-refractivity contribution in [3.05, 3.63) is 118 Å². The highest BCUT2D eigenvalue weighted by atomic mass is 35.5. The summed E-state index contributed by atoms with van der Waals surface area (Å²) in [4.78, 5) is 32.5. The maximum atomic E-state index is 13.4. The molecule has 1 aliphatic rings. The topological polar surface area (TPSA) is 49.7 Å². The molecule has 4 aromatic carbocycles. The molecule has 0 N–H and O–H groups in total. The van der Waals surface area contributed by atoms with Crippen LogP contribution in [0.5, 0.6) is 0 Å². The van der Waals surface area contributed by atoms with Gasteiger partial charge in [0.15, 0.2) is 5.17 Å². The molecule has 0 aliphatic carbocycles. The van der Waals surface area contributed by atoms with Gasteiger partial charge in [-0.25, -0.2) is 0 Å². The first-order valence-electron chi connectivity index (χ1n) is 10.3. The molecule has 1 heterocycles. The van der Waals surface area contributed by atoms with Crippen molar-refractivity contribution >= 4 is 62.9 Å². The van der Waals surface area contributed by atoms with Crippen molar-refractivity contribution in [3.8, 4) is 0 Å². The van der Waals surface area contributed by atoms with E-state index in [1.54, 1.807) is 24.3 Å². The van der Waals surface area contributed by atoms with Crippen molar-refractivity contribution in [1.82, 2.24) is 0 Å². The van der Waals surface area contributed by atoms with Crippen LogP contribution in [-0.2, 0) is 4.79 Å². The zero-order chi connectivity index (χ0) is 22.8. The fraction of sp³-hybridized carbons (Fsp3) is 0. The number of carbonyl (C=O) groups excluding carboxylic acids is 2. The molecule has 0 spiro atoms. The number of nitrogens with zero attached hydrogens (tertiary/aromatic N) is 2. The lowest BCUT2D eigenvalue weighted by atomic mass is 10.1. The zero-order valence-electron chi connectivity index (χ0n) is 17.3. The second kappa shape index (κ2) is 9.06. The lowest BCUT2D eigenvalue weighted by Gasteiger charge is -2.15. The van der Waals surface area contributed by atoms with Crippen LogP contribution in [0.3, 0.4) is 0 Å². The Labute approximate surface area is 200 Å². The molecule has 6 heteroatoms. The number of hydrogen-bond donors (Lipinski definition) is 0. The minimum Gasteiger partial charge on any atom is -0.268 e. The number of carbonyl (C=O) groups is 2. The molecule has 0 bridgehead atoms. The number of benzene rings is 4. The fourth-order valence-corrected chi connectivity index (χ4v) is 4.78. The summed E-state index contributed by atoms with van der Waals surface area (Å²) in [5.41, 5.74) is 1.83. The van der Waals surface area contributed by atoms with Gasteiger partial charge in [0.2, 0.25) is 0 Å². The molecule has 1 aliphatic heterocycles. The number of amidine groups is 1. The van der Waals surface area contributed by atoms with Gasteiger partial charge in [-0.2, -0.15) is 4.99 Å². The lowest BCUT2D eigenvalue weighted by Crippen LogP contribution is -2.29. The molecule has 4 aromatic rings. The molecular weight excluding hydrogens is 452 g/mol. The van der Waals surface area contributed by atoms with Gasteiger partial charge in [0, 0.05) is 0 Å². The zero-order valence-corrected chi connectivity index (χ0v) is 18.9. The van der Waals surface area contributed by atoms with Crippen LogP contribution in [0.15, 0.2) is 107 Å². The van der Waals surface area contributed by atoms with Crippen LogP contribution in [0.2, 0.25) is 5.02 Å². The van der Waals surface area contributed by atoms with Crippen LogP contribution in [-0.4, -0.2) is 17.0 Å². The first kappa shape index (κ1) is 21.2. The number of para-hydroxylation sites is 1. The lowest BCUT2D eigenvalue weighted by molar-refractivity contribution is -0.113. The van der Waals surface area contributed by atoms with Crippen molar-refractivity contribution in [2.45, 2.75) is 0 Å². The Morgan fingerprint density at radius 2 is 1.55 bits per heavy atom. The van der Waals surface area contributed by atoms with E-state index in [-0.39, 0.29) is 5.91 Å². The average Bonchev–Trinajstić information content (AvgIpc) is 3.14. The third-order valence-electron chi connectivity index (χ3n) is 5.19. The highest BCUT2D eigenvalue weighted by Gasteiger charge is 2.35. The summed E-state index contributed by atoms with van der Waals surface area (Å²) < 4.78 is 0. The maximum absolute atomic E-state index is 13.4. The van der Waals surface area contributed by atoms with E-state index in [1.165, 1.54) is 16.7 Å². The SMILES string of the molecule is O=C(N=C1SC(=Cc2ccc3ccccc3c2)C(=O)N1c1ccccc1)c1ccccc1Cl. The second-order valence-electron chi connectivity index (χ2n) is 7.37. The first-order chi connectivity index (χ1) is 16.1. The number of amides is 2. The Bertz CT molecular complexity index is 1450. The van der Waals surface area contributed by atoms with Crippen molar-refractivity contribution in [1.29, 1.82) is 0 Å². The largest absolute Gasteiger partial charge is 0.280 e. The smallest absolute Gasteiger partial charge is 0.268 e. The van der Waals surface area contributed by atoms with Crippen molar-refractivity contribution in [2.75, 3.05) is 4.90 Å². The normalized spacial score (nSPS) is 16.2. The Balaban J connectivity index is 1.56. The minimum absolute atomic E-state index is 0.231. The fourth-order valence-electron chi connectivity index (χ4n) is 3.58. The number of anilines is 1. The number of halogens is 1. The van der Waals surface area contributed by atoms with Crippen LogP contribution >= 0.6 is 23.4 Å². The second-order valence-corrected chi connectivity index (χ2v) is 8.79. The number of aliphatic imine (C=N–C) groups is 1. The summed E-state index contributed by atoms with van der Waals surface area (Å²) >= 11 is 7.36. The van der Waals surface area contributed by atoms with Crippen LogP contribution in [0, 0.1) is 0 Å². The minimum atomic E-state index is -0.496. The Kier molecular flexibility index (Phi) is 5.82. The number of rotatable bonds is 3. The van der Waals surface area contributed by atoms with Gasteiger partial charge in [-0.15, -0.1) is 0 Å². The van der Waals surface area contributed by atoms with Crippen LogP contribution < -0.4 is 4.90 Å². The average molecular weight is 469 g/mol. The van der Waals surface area contributed by atoms with E-state index in [2.05, 4.69) is 4.99 Å². The molecule has 5 rings (SSSR count). The number of hydrogen-bond acceptors (Lipinski definition) is 3. The standard InChI is InChI=1S/C27H17ClN2O2S/c28-23-13-7-6-12-22(23)25(31)29-27-30(21-10-2-1-3-11-21)26(32)24(33-27)17-18-14-15-19-8-4-5-9-20(19)16-18/h1-17H. The van der Waals surface area contributed by atoms with Gasteiger partial charge in [-0.1, -0.05) is 78.3 Å². The van der Waals surface area contributed by atoms with Gasteiger partial charge in [0.1, 0.15) is 0 Å².